The van der Waals surface area contributed by atoms with Gasteiger partial charge in [0.1, 0.15) is 11.5 Å². The number of rotatable bonds is 5. The van der Waals surface area contributed by atoms with Gasteiger partial charge in [-0.25, -0.2) is 0 Å². The fourth-order valence-corrected chi connectivity index (χ4v) is 3.17. The maximum atomic E-state index is 12.2. The number of aliphatic imine (C=N–C) groups is 1. The molecule has 2 aromatic carbocycles. The van der Waals surface area contributed by atoms with E-state index in [1.54, 1.807) is 13.2 Å². The first-order chi connectivity index (χ1) is 13.3. The van der Waals surface area contributed by atoms with Crippen LogP contribution in [-0.2, 0) is 11.3 Å². The van der Waals surface area contributed by atoms with E-state index in [2.05, 4.69) is 15.0 Å². The molecule has 5 nitrogen and oxygen atoms in total. The maximum absolute atomic E-state index is 12.2. The van der Waals surface area contributed by atoms with Crippen LogP contribution in [0.3, 0.4) is 0 Å². The summed E-state index contributed by atoms with van der Waals surface area (Å²) >= 11 is 1.16. The zero-order valence-corrected chi connectivity index (χ0v) is 15.4. The number of carbonyl (C=O) groups excluding carboxylic acids is 1. The number of halogens is 3. The van der Waals surface area contributed by atoms with Gasteiger partial charge >= 0.3 is 6.36 Å². The number of benzene rings is 2. The Hall–Kier alpha value is -2.94. The Bertz CT molecular complexity index is 925. The molecule has 0 radical (unpaired) electrons. The van der Waals surface area contributed by atoms with Gasteiger partial charge in [0.2, 0.25) is 0 Å². The van der Waals surface area contributed by atoms with Crippen molar-refractivity contribution in [2.75, 3.05) is 7.11 Å². The quantitative estimate of drug-likeness (QED) is 0.747. The van der Waals surface area contributed by atoms with Crippen LogP contribution in [0.1, 0.15) is 11.1 Å². The summed E-state index contributed by atoms with van der Waals surface area (Å²) < 4.78 is 45.6. The van der Waals surface area contributed by atoms with Gasteiger partial charge < -0.3 is 14.8 Å². The first-order valence-electron chi connectivity index (χ1n) is 8.06. The second-order valence-electron chi connectivity index (χ2n) is 5.65. The predicted molar refractivity (Wildman–Crippen MR) is 101 cm³/mol. The first kappa shape index (κ1) is 19.8. The molecule has 28 heavy (non-hydrogen) atoms. The average Bonchev–Trinajstić information content (AvgIpc) is 3.00. The Morgan fingerprint density at radius 1 is 1.14 bits per heavy atom. The first-order valence-corrected chi connectivity index (χ1v) is 8.88. The molecular weight excluding hydrogens is 393 g/mol. The summed E-state index contributed by atoms with van der Waals surface area (Å²) in [5.74, 6) is 0.0862. The van der Waals surface area contributed by atoms with Crippen LogP contribution in [-0.4, -0.2) is 24.5 Å². The summed E-state index contributed by atoms with van der Waals surface area (Å²) in [6.45, 7) is 0.372. The molecule has 1 fully saturated rings. The van der Waals surface area contributed by atoms with E-state index in [0.717, 1.165) is 23.1 Å². The number of carbonyl (C=O) groups is 1. The van der Waals surface area contributed by atoms with Crippen molar-refractivity contribution < 1.29 is 27.4 Å². The third kappa shape index (κ3) is 5.53. The lowest BCUT2D eigenvalue weighted by molar-refractivity contribution is -0.274. The number of thioether (sulfide) groups is 1. The Labute approximate surface area is 163 Å². The number of methoxy groups -OCH3 is 1. The highest BCUT2D eigenvalue weighted by Crippen LogP contribution is 2.28. The van der Waals surface area contributed by atoms with Gasteiger partial charge in [0, 0.05) is 0 Å². The molecular formula is C19H15F3N2O3S. The molecule has 1 saturated heterocycles. The molecule has 0 aliphatic carbocycles. The highest BCUT2D eigenvalue weighted by molar-refractivity contribution is 8.18. The van der Waals surface area contributed by atoms with E-state index in [1.165, 1.54) is 24.3 Å². The molecule has 0 atom stereocenters. The van der Waals surface area contributed by atoms with Crippen molar-refractivity contribution in [3.8, 4) is 11.5 Å². The van der Waals surface area contributed by atoms with Crippen LogP contribution in [0.25, 0.3) is 6.08 Å². The molecule has 0 aromatic heterocycles. The third-order valence-electron chi connectivity index (χ3n) is 3.60. The number of nitrogens with zero attached hydrogens (tertiary/aromatic N) is 1. The number of hydrogen-bond donors (Lipinski definition) is 1. The molecule has 3 rings (SSSR count). The summed E-state index contributed by atoms with van der Waals surface area (Å²) in [6.07, 6.45) is -3.17. The second kappa shape index (κ2) is 8.39. The minimum absolute atomic E-state index is 0.315. The molecule has 1 heterocycles. The van der Waals surface area contributed by atoms with Crippen LogP contribution in [0.5, 0.6) is 11.5 Å². The van der Waals surface area contributed by atoms with Gasteiger partial charge in [0.25, 0.3) is 5.91 Å². The molecule has 1 aliphatic rings. The number of ether oxygens (including phenoxy) is 2. The molecule has 9 heteroatoms. The molecule has 0 unspecified atom stereocenters. The lowest BCUT2D eigenvalue weighted by Gasteiger charge is -2.08. The third-order valence-corrected chi connectivity index (χ3v) is 4.55. The Balaban J connectivity index is 1.66. The summed E-state index contributed by atoms with van der Waals surface area (Å²) in [5, 5.41) is 3.12. The zero-order chi connectivity index (χ0) is 20.1. The van der Waals surface area contributed by atoms with Gasteiger partial charge in [0.15, 0.2) is 5.17 Å². The van der Waals surface area contributed by atoms with Crippen molar-refractivity contribution in [3.63, 3.8) is 0 Å². The van der Waals surface area contributed by atoms with Gasteiger partial charge in [-0.2, -0.15) is 0 Å². The van der Waals surface area contributed by atoms with E-state index in [9.17, 15) is 18.0 Å². The van der Waals surface area contributed by atoms with E-state index in [-0.39, 0.29) is 11.7 Å². The number of nitrogens with one attached hydrogen (secondary N) is 1. The van der Waals surface area contributed by atoms with Crippen LogP contribution in [0.15, 0.2) is 58.4 Å². The number of alkyl halides is 3. The van der Waals surface area contributed by atoms with Crippen molar-refractivity contribution in [1.29, 1.82) is 0 Å². The maximum Gasteiger partial charge on any atom is 0.573 e. The molecule has 1 N–H and O–H groups in total. The van der Waals surface area contributed by atoms with Gasteiger partial charge in [-0.05, 0) is 53.2 Å². The van der Waals surface area contributed by atoms with Crippen molar-refractivity contribution in [2.24, 2.45) is 4.99 Å². The van der Waals surface area contributed by atoms with Crippen LogP contribution in [0, 0.1) is 0 Å². The molecule has 0 spiro atoms. The number of amidine groups is 1. The number of amides is 1. The van der Waals surface area contributed by atoms with E-state index in [1.807, 2.05) is 24.3 Å². The van der Waals surface area contributed by atoms with Crippen molar-refractivity contribution in [1.82, 2.24) is 5.32 Å². The van der Waals surface area contributed by atoms with E-state index >= 15 is 0 Å². The molecule has 2 aromatic rings. The van der Waals surface area contributed by atoms with Gasteiger partial charge in [0.05, 0.1) is 18.6 Å². The lowest BCUT2D eigenvalue weighted by Crippen LogP contribution is -2.19. The SMILES string of the molecule is COc1cccc(CN=C2NC(=O)C(=Cc3ccc(OC(F)(F)F)cc3)S2)c1. The van der Waals surface area contributed by atoms with Crippen molar-refractivity contribution in [3.05, 3.63) is 64.6 Å². The van der Waals surface area contributed by atoms with Crippen LogP contribution in [0.4, 0.5) is 13.2 Å². The van der Waals surface area contributed by atoms with Gasteiger partial charge in [-0.15, -0.1) is 13.2 Å². The lowest BCUT2D eigenvalue weighted by atomic mass is 10.2. The fourth-order valence-electron chi connectivity index (χ4n) is 2.35. The van der Waals surface area contributed by atoms with Crippen LogP contribution < -0.4 is 14.8 Å². The average molecular weight is 408 g/mol. The topological polar surface area (TPSA) is 59.9 Å². The molecule has 0 saturated carbocycles. The van der Waals surface area contributed by atoms with Gasteiger partial charge in [-0.1, -0.05) is 24.3 Å². The van der Waals surface area contributed by atoms with Gasteiger partial charge in [-0.3, -0.25) is 9.79 Å². The van der Waals surface area contributed by atoms with Crippen molar-refractivity contribution >= 4 is 28.9 Å². The van der Waals surface area contributed by atoms with Crippen LogP contribution >= 0.6 is 11.8 Å². The van der Waals surface area contributed by atoms with E-state index in [4.69, 9.17) is 4.74 Å². The molecule has 0 bridgehead atoms. The molecule has 1 aliphatic heterocycles. The monoisotopic (exact) mass is 408 g/mol. The van der Waals surface area contributed by atoms with E-state index in [0.29, 0.717) is 22.2 Å². The van der Waals surface area contributed by atoms with Crippen molar-refractivity contribution in [2.45, 2.75) is 12.9 Å². The summed E-state index contributed by atoms with van der Waals surface area (Å²) in [5.41, 5.74) is 1.50. The summed E-state index contributed by atoms with van der Waals surface area (Å²) in [4.78, 5) is 16.8. The predicted octanol–water partition coefficient (Wildman–Crippen LogP) is 4.35. The fraction of sp³-hybridized carbons (Fsp3) is 0.158. The Kier molecular flexibility index (Phi) is 5.93. The summed E-state index contributed by atoms with van der Waals surface area (Å²) in [6, 6.07) is 12.7. The second-order valence-corrected chi connectivity index (χ2v) is 6.69. The normalized spacial score (nSPS) is 17.1. The summed E-state index contributed by atoms with van der Waals surface area (Å²) in [7, 11) is 1.58. The minimum atomic E-state index is -4.74. The highest BCUT2D eigenvalue weighted by Gasteiger charge is 2.31. The highest BCUT2D eigenvalue weighted by atomic mass is 32.2. The molecule has 146 valence electrons. The Morgan fingerprint density at radius 3 is 2.57 bits per heavy atom. The zero-order valence-electron chi connectivity index (χ0n) is 14.6. The smallest absolute Gasteiger partial charge is 0.497 e. The van der Waals surface area contributed by atoms with E-state index < -0.39 is 6.36 Å². The minimum Gasteiger partial charge on any atom is -0.497 e. The Morgan fingerprint density at radius 2 is 1.89 bits per heavy atom. The largest absolute Gasteiger partial charge is 0.573 e. The standard InChI is InChI=1S/C19H15F3N2O3S/c1-26-15-4-2-3-13(9-15)11-23-18-24-17(25)16(28-18)10-12-5-7-14(8-6-12)27-19(20,21)22/h2-10H,11H2,1H3,(H,23,24,25). The molecule has 1 amide bonds. The number of hydrogen-bond acceptors (Lipinski definition) is 5. The van der Waals surface area contributed by atoms with Crippen LogP contribution in [0.2, 0.25) is 0 Å².